The average Bonchev–Trinajstić information content (AvgIpc) is 2.55. The van der Waals surface area contributed by atoms with Crippen molar-refractivity contribution >= 4 is 27.5 Å². The largest absolute Gasteiger partial charge is 0.341 e. The fraction of sp³-hybridized carbons (Fsp3) is 0.250. The first kappa shape index (κ1) is 18.4. The van der Waals surface area contributed by atoms with Crippen molar-refractivity contribution in [2.45, 2.75) is 17.9 Å². The standard InChI is InChI=1S/C16H18ClN3O3S/c1-20(12-13-5-4-9-18-11-13)16(21)8-10-19-24(22,23)15-7-3-2-6-14(15)17/h2-7,9,11,19H,8,10,12H2,1H3. The summed E-state index contributed by atoms with van der Waals surface area (Å²) in [6.45, 7) is 0.424. The van der Waals surface area contributed by atoms with E-state index >= 15 is 0 Å². The quantitative estimate of drug-likeness (QED) is 0.812. The molecule has 0 aliphatic rings. The van der Waals surface area contributed by atoms with Crippen molar-refractivity contribution in [2.75, 3.05) is 13.6 Å². The van der Waals surface area contributed by atoms with Crippen molar-refractivity contribution in [1.29, 1.82) is 0 Å². The van der Waals surface area contributed by atoms with Gasteiger partial charge in [0.1, 0.15) is 4.90 Å². The first-order valence-corrected chi connectivity index (χ1v) is 9.13. The highest BCUT2D eigenvalue weighted by Crippen LogP contribution is 2.19. The third kappa shape index (κ3) is 5.02. The van der Waals surface area contributed by atoms with Crippen molar-refractivity contribution in [1.82, 2.24) is 14.6 Å². The summed E-state index contributed by atoms with van der Waals surface area (Å²) < 4.78 is 26.7. The van der Waals surface area contributed by atoms with E-state index in [-0.39, 0.29) is 28.8 Å². The number of amides is 1. The summed E-state index contributed by atoms with van der Waals surface area (Å²) in [7, 11) is -2.07. The average molecular weight is 368 g/mol. The highest BCUT2D eigenvalue weighted by Gasteiger charge is 2.18. The Bertz CT molecular complexity index is 797. The third-order valence-corrected chi connectivity index (χ3v) is 5.29. The topological polar surface area (TPSA) is 79.4 Å². The van der Waals surface area contributed by atoms with E-state index in [1.807, 2.05) is 6.07 Å². The second-order valence-electron chi connectivity index (χ2n) is 5.19. The number of nitrogens with zero attached hydrogens (tertiary/aromatic N) is 2. The molecule has 6 nitrogen and oxygen atoms in total. The third-order valence-electron chi connectivity index (χ3n) is 3.33. The molecule has 2 rings (SSSR count). The Kier molecular flexibility index (Phi) is 6.30. The maximum atomic E-state index is 12.2. The maximum Gasteiger partial charge on any atom is 0.242 e. The van der Waals surface area contributed by atoms with Crippen molar-refractivity contribution in [3.8, 4) is 0 Å². The van der Waals surface area contributed by atoms with Gasteiger partial charge in [0.05, 0.1) is 5.02 Å². The zero-order chi connectivity index (χ0) is 17.6. The van der Waals surface area contributed by atoms with Gasteiger partial charge in [0, 0.05) is 39.0 Å². The molecule has 0 radical (unpaired) electrons. The molecule has 2 aromatic rings. The first-order valence-electron chi connectivity index (χ1n) is 7.27. The fourth-order valence-corrected chi connectivity index (χ4v) is 3.63. The number of carbonyl (C=O) groups is 1. The number of sulfonamides is 1. The lowest BCUT2D eigenvalue weighted by atomic mass is 10.2. The smallest absolute Gasteiger partial charge is 0.242 e. The summed E-state index contributed by atoms with van der Waals surface area (Å²) in [6.07, 6.45) is 3.40. The van der Waals surface area contributed by atoms with Gasteiger partial charge < -0.3 is 4.90 Å². The molecule has 0 unspecified atom stereocenters. The number of pyridine rings is 1. The zero-order valence-corrected chi connectivity index (χ0v) is 14.7. The van der Waals surface area contributed by atoms with E-state index in [0.717, 1.165) is 5.56 Å². The van der Waals surface area contributed by atoms with Crippen molar-refractivity contribution < 1.29 is 13.2 Å². The van der Waals surface area contributed by atoms with Crippen molar-refractivity contribution in [3.63, 3.8) is 0 Å². The van der Waals surface area contributed by atoms with Gasteiger partial charge in [0.15, 0.2) is 0 Å². The van der Waals surface area contributed by atoms with E-state index in [0.29, 0.717) is 6.54 Å². The van der Waals surface area contributed by atoms with E-state index in [1.165, 1.54) is 17.0 Å². The Morgan fingerprint density at radius 3 is 2.67 bits per heavy atom. The SMILES string of the molecule is CN(Cc1cccnc1)C(=O)CCNS(=O)(=O)c1ccccc1Cl. The summed E-state index contributed by atoms with van der Waals surface area (Å²) in [5.74, 6) is -0.166. The molecule has 8 heteroatoms. The molecule has 0 aliphatic carbocycles. The Labute approximate surface area is 146 Å². The van der Waals surface area contributed by atoms with Gasteiger partial charge in [-0.05, 0) is 23.8 Å². The van der Waals surface area contributed by atoms with Crippen molar-refractivity contribution in [3.05, 3.63) is 59.4 Å². The van der Waals surface area contributed by atoms with Gasteiger partial charge in [0.25, 0.3) is 0 Å². The first-order chi connectivity index (χ1) is 11.4. The molecule has 0 spiro atoms. The molecule has 1 N–H and O–H groups in total. The number of hydrogen-bond acceptors (Lipinski definition) is 4. The predicted octanol–water partition coefficient (Wildman–Crippen LogP) is 2.06. The summed E-state index contributed by atoms with van der Waals surface area (Å²) in [5.41, 5.74) is 0.907. The highest BCUT2D eigenvalue weighted by atomic mass is 35.5. The van der Waals surface area contributed by atoms with Crippen LogP contribution >= 0.6 is 11.6 Å². The Morgan fingerprint density at radius 2 is 2.00 bits per heavy atom. The molecule has 1 aromatic heterocycles. The number of aromatic nitrogens is 1. The van der Waals surface area contributed by atoms with Gasteiger partial charge in [-0.3, -0.25) is 9.78 Å². The van der Waals surface area contributed by atoms with Gasteiger partial charge >= 0.3 is 0 Å². The molecular weight excluding hydrogens is 350 g/mol. The van der Waals surface area contributed by atoms with Crippen molar-refractivity contribution in [2.24, 2.45) is 0 Å². The van der Waals surface area contributed by atoms with Gasteiger partial charge in [-0.25, -0.2) is 13.1 Å². The summed E-state index contributed by atoms with van der Waals surface area (Å²) in [5, 5.41) is 0.144. The lowest BCUT2D eigenvalue weighted by Crippen LogP contribution is -2.32. The number of carbonyl (C=O) groups excluding carboxylic acids is 1. The highest BCUT2D eigenvalue weighted by molar-refractivity contribution is 7.89. The predicted molar refractivity (Wildman–Crippen MR) is 92.0 cm³/mol. The lowest BCUT2D eigenvalue weighted by Gasteiger charge is -2.17. The van der Waals surface area contributed by atoms with Crippen LogP contribution in [0.4, 0.5) is 0 Å². The number of rotatable bonds is 7. The second-order valence-corrected chi connectivity index (χ2v) is 7.33. The Hall–Kier alpha value is -1.96. The number of benzene rings is 1. The lowest BCUT2D eigenvalue weighted by molar-refractivity contribution is -0.130. The summed E-state index contributed by atoms with van der Waals surface area (Å²) >= 11 is 5.89. The minimum Gasteiger partial charge on any atom is -0.341 e. The van der Waals surface area contributed by atoms with Gasteiger partial charge in [-0.15, -0.1) is 0 Å². The minimum absolute atomic E-state index is 0.00262. The number of hydrogen-bond donors (Lipinski definition) is 1. The Balaban J connectivity index is 1.87. The molecule has 0 fully saturated rings. The van der Waals surface area contributed by atoms with Gasteiger partial charge in [-0.1, -0.05) is 29.8 Å². The zero-order valence-electron chi connectivity index (χ0n) is 13.1. The Morgan fingerprint density at radius 1 is 1.25 bits per heavy atom. The molecule has 1 amide bonds. The summed E-state index contributed by atoms with van der Waals surface area (Å²) in [4.78, 5) is 17.6. The van der Waals surface area contributed by atoms with Crippen LogP contribution in [0.5, 0.6) is 0 Å². The molecule has 0 saturated carbocycles. The van der Waals surface area contributed by atoms with E-state index in [2.05, 4.69) is 9.71 Å². The van der Waals surface area contributed by atoms with Crippen LogP contribution in [0.1, 0.15) is 12.0 Å². The molecule has 1 heterocycles. The van der Waals surface area contributed by atoms with E-state index < -0.39 is 10.0 Å². The molecule has 0 bridgehead atoms. The van der Waals surface area contributed by atoms with Crippen LogP contribution in [0.25, 0.3) is 0 Å². The van der Waals surface area contributed by atoms with Crippen LogP contribution in [0, 0.1) is 0 Å². The normalized spacial score (nSPS) is 11.2. The van der Waals surface area contributed by atoms with Crippen LogP contribution in [-0.4, -0.2) is 37.8 Å². The molecule has 128 valence electrons. The fourth-order valence-electron chi connectivity index (χ4n) is 2.08. The van der Waals surface area contributed by atoms with Crippen LogP contribution in [-0.2, 0) is 21.4 Å². The van der Waals surface area contributed by atoms with E-state index in [4.69, 9.17) is 11.6 Å². The van der Waals surface area contributed by atoms with Gasteiger partial charge in [0.2, 0.25) is 15.9 Å². The minimum atomic E-state index is -3.73. The van der Waals surface area contributed by atoms with Gasteiger partial charge in [-0.2, -0.15) is 0 Å². The van der Waals surface area contributed by atoms with Crippen LogP contribution in [0.2, 0.25) is 5.02 Å². The molecule has 24 heavy (non-hydrogen) atoms. The van der Waals surface area contributed by atoms with E-state index in [1.54, 1.807) is 37.6 Å². The monoisotopic (exact) mass is 367 g/mol. The van der Waals surface area contributed by atoms with E-state index in [9.17, 15) is 13.2 Å². The maximum absolute atomic E-state index is 12.2. The molecule has 1 aromatic carbocycles. The molecule has 0 saturated heterocycles. The van der Waals surface area contributed by atoms with Crippen LogP contribution < -0.4 is 4.72 Å². The number of nitrogens with one attached hydrogen (secondary N) is 1. The summed E-state index contributed by atoms with van der Waals surface area (Å²) in [6, 6.07) is 9.83. The van der Waals surface area contributed by atoms with Crippen LogP contribution in [0.15, 0.2) is 53.7 Å². The number of halogens is 1. The second kappa shape index (κ2) is 8.23. The molecular formula is C16H18ClN3O3S. The van der Waals surface area contributed by atoms with Crippen LogP contribution in [0.3, 0.4) is 0 Å². The molecule has 0 aliphatic heterocycles. The molecule has 0 atom stereocenters.